The molecule has 0 N–H and O–H groups in total. The van der Waals surface area contributed by atoms with Gasteiger partial charge in [-0.1, -0.05) is 19.8 Å². The Morgan fingerprint density at radius 2 is 2.05 bits per heavy atom. The number of nitrogens with zero attached hydrogens (tertiary/aromatic N) is 2. The van der Waals surface area contributed by atoms with Crippen molar-refractivity contribution in [2.45, 2.75) is 70.9 Å². The zero-order chi connectivity index (χ0) is 15.5. The predicted octanol–water partition coefficient (Wildman–Crippen LogP) is 4.36. The van der Waals surface area contributed by atoms with Gasteiger partial charge in [0, 0.05) is 17.5 Å². The van der Waals surface area contributed by atoms with Crippen LogP contribution in [0.25, 0.3) is 0 Å². The highest BCUT2D eigenvalue weighted by Crippen LogP contribution is 2.37. The molecule has 2 aliphatic rings. The number of likely N-dealkylation sites (N-methyl/N-ethyl adjacent to an activating group) is 1. The molecule has 0 spiro atoms. The molecule has 0 amide bonds. The minimum atomic E-state index is 0.495. The Hall–Kier alpha value is -0.450. The van der Waals surface area contributed by atoms with Crippen LogP contribution >= 0.6 is 11.3 Å². The quantitative estimate of drug-likeness (QED) is 0.805. The van der Waals surface area contributed by atoms with Crippen LogP contribution in [0.15, 0.2) is 0 Å². The van der Waals surface area contributed by atoms with Crippen molar-refractivity contribution in [3.05, 3.63) is 15.6 Å². The summed E-state index contributed by atoms with van der Waals surface area (Å²) in [6.45, 7) is 6.38. The molecule has 3 atom stereocenters. The van der Waals surface area contributed by atoms with E-state index in [0.717, 1.165) is 19.1 Å². The Morgan fingerprint density at radius 1 is 1.23 bits per heavy atom. The molecule has 0 bridgehead atoms. The minimum absolute atomic E-state index is 0.495. The maximum atomic E-state index is 6.20. The molecule has 0 aliphatic heterocycles. The van der Waals surface area contributed by atoms with Gasteiger partial charge in [-0.15, -0.1) is 11.3 Å². The molecule has 4 heteroatoms. The van der Waals surface area contributed by atoms with Gasteiger partial charge >= 0.3 is 0 Å². The van der Waals surface area contributed by atoms with Gasteiger partial charge in [-0.2, -0.15) is 0 Å². The van der Waals surface area contributed by atoms with Crippen molar-refractivity contribution in [3.8, 4) is 0 Å². The lowest BCUT2D eigenvalue weighted by Gasteiger charge is -2.32. The van der Waals surface area contributed by atoms with Crippen LogP contribution in [0.2, 0.25) is 0 Å². The van der Waals surface area contributed by atoms with E-state index in [2.05, 4.69) is 25.8 Å². The molecule has 0 radical (unpaired) electrons. The lowest BCUT2D eigenvalue weighted by Crippen LogP contribution is -2.33. The Bertz CT molecular complexity index is 487. The van der Waals surface area contributed by atoms with E-state index in [0.29, 0.717) is 12.1 Å². The van der Waals surface area contributed by atoms with Gasteiger partial charge in [0.25, 0.3) is 0 Å². The van der Waals surface area contributed by atoms with Crippen LogP contribution in [0.3, 0.4) is 0 Å². The van der Waals surface area contributed by atoms with Crippen molar-refractivity contribution < 1.29 is 4.74 Å². The smallest absolute Gasteiger partial charge is 0.0900 e. The summed E-state index contributed by atoms with van der Waals surface area (Å²) in [6.07, 6.45) is 9.53. The molecule has 1 heterocycles. The summed E-state index contributed by atoms with van der Waals surface area (Å²) < 4.78 is 6.20. The average Bonchev–Trinajstić information content (AvgIpc) is 2.89. The molecular formula is C18H30N2OS. The third-order valence-electron chi connectivity index (χ3n) is 5.37. The maximum absolute atomic E-state index is 6.20. The van der Waals surface area contributed by atoms with Gasteiger partial charge in [0.1, 0.15) is 0 Å². The molecule has 124 valence electrons. The zero-order valence-electron chi connectivity index (χ0n) is 14.3. The molecule has 1 aromatic heterocycles. The van der Waals surface area contributed by atoms with E-state index in [1.165, 1.54) is 60.5 Å². The van der Waals surface area contributed by atoms with Crippen LogP contribution in [0.4, 0.5) is 0 Å². The van der Waals surface area contributed by atoms with Crippen molar-refractivity contribution in [3.63, 3.8) is 0 Å². The van der Waals surface area contributed by atoms with Crippen LogP contribution < -0.4 is 0 Å². The lowest BCUT2D eigenvalue weighted by atomic mass is 9.88. The van der Waals surface area contributed by atoms with Gasteiger partial charge in [0.2, 0.25) is 0 Å². The van der Waals surface area contributed by atoms with Gasteiger partial charge < -0.3 is 4.74 Å². The molecule has 0 saturated heterocycles. The minimum Gasteiger partial charge on any atom is -0.377 e. The molecule has 1 aromatic rings. The van der Waals surface area contributed by atoms with Crippen LogP contribution in [-0.2, 0) is 11.2 Å². The molecule has 3 rings (SSSR count). The number of aromatic nitrogens is 1. The zero-order valence-corrected chi connectivity index (χ0v) is 15.1. The average molecular weight is 323 g/mol. The number of rotatable bonds is 5. The van der Waals surface area contributed by atoms with Crippen molar-refractivity contribution in [2.75, 3.05) is 20.2 Å². The molecule has 0 unspecified atom stereocenters. The van der Waals surface area contributed by atoms with Crippen molar-refractivity contribution in [1.82, 2.24) is 9.88 Å². The molecule has 22 heavy (non-hydrogen) atoms. The van der Waals surface area contributed by atoms with Gasteiger partial charge in [0.05, 0.1) is 23.4 Å². The second-order valence-corrected chi connectivity index (χ2v) is 8.34. The summed E-state index contributed by atoms with van der Waals surface area (Å²) in [7, 11) is 2.25. The standard InChI is InChI=1S/C18H30N2OS/c1-13-7-4-5-10-17(13)21-12-11-20(3)16-9-6-8-15-18(16)22-14(2)19-15/h13,16-17H,4-12H2,1-3H3/t13-,16+,17-/m0/s1. The van der Waals surface area contributed by atoms with E-state index < -0.39 is 0 Å². The number of hydrogen-bond donors (Lipinski definition) is 0. The fourth-order valence-corrected chi connectivity index (χ4v) is 5.15. The van der Waals surface area contributed by atoms with Crippen molar-refractivity contribution in [2.24, 2.45) is 5.92 Å². The number of ether oxygens (including phenoxy) is 1. The molecule has 1 fully saturated rings. The van der Waals surface area contributed by atoms with Crippen LogP contribution in [0.1, 0.15) is 67.1 Å². The second-order valence-electron chi connectivity index (χ2n) is 7.10. The third kappa shape index (κ3) is 3.72. The van der Waals surface area contributed by atoms with Gasteiger partial charge in [-0.3, -0.25) is 4.90 Å². The van der Waals surface area contributed by atoms with Crippen LogP contribution in [-0.4, -0.2) is 36.2 Å². The van der Waals surface area contributed by atoms with Gasteiger partial charge in [-0.25, -0.2) is 4.98 Å². The topological polar surface area (TPSA) is 25.4 Å². The highest BCUT2D eigenvalue weighted by molar-refractivity contribution is 7.11. The molecule has 3 nitrogen and oxygen atoms in total. The third-order valence-corrected chi connectivity index (χ3v) is 6.48. The van der Waals surface area contributed by atoms with Crippen molar-refractivity contribution >= 4 is 11.3 Å². The lowest BCUT2D eigenvalue weighted by molar-refractivity contribution is -0.0156. The number of aryl methyl sites for hydroxylation is 2. The molecule has 0 aromatic carbocycles. The first-order valence-electron chi connectivity index (χ1n) is 8.93. The van der Waals surface area contributed by atoms with Crippen LogP contribution in [0, 0.1) is 12.8 Å². The fourth-order valence-electron chi connectivity index (χ4n) is 3.97. The van der Waals surface area contributed by atoms with Crippen LogP contribution in [0.5, 0.6) is 0 Å². The molecule has 2 aliphatic carbocycles. The Balaban J connectivity index is 1.51. The van der Waals surface area contributed by atoms with E-state index in [4.69, 9.17) is 9.72 Å². The predicted molar refractivity (Wildman–Crippen MR) is 92.5 cm³/mol. The summed E-state index contributed by atoms with van der Waals surface area (Å²) in [5, 5.41) is 1.22. The van der Waals surface area contributed by atoms with E-state index in [-0.39, 0.29) is 0 Å². The monoisotopic (exact) mass is 322 g/mol. The summed E-state index contributed by atoms with van der Waals surface area (Å²) in [4.78, 5) is 8.71. The normalized spacial score (nSPS) is 28.8. The van der Waals surface area contributed by atoms with Crippen molar-refractivity contribution in [1.29, 1.82) is 0 Å². The molecule has 1 saturated carbocycles. The number of fused-ring (bicyclic) bond motifs is 1. The Kier molecular flexibility index (Phi) is 5.53. The highest BCUT2D eigenvalue weighted by Gasteiger charge is 2.27. The number of hydrogen-bond acceptors (Lipinski definition) is 4. The van der Waals surface area contributed by atoms with Gasteiger partial charge in [-0.05, 0) is 52.0 Å². The Labute approximate surface area is 139 Å². The molecular weight excluding hydrogens is 292 g/mol. The largest absolute Gasteiger partial charge is 0.377 e. The van der Waals surface area contributed by atoms with E-state index >= 15 is 0 Å². The summed E-state index contributed by atoms with van der Waals surface area (Å²) in [5.74, 6) is 0.740. The summed E-state index contributed by atoms with van der Waals surface area (Å²) in [5.41, 5.74) is 1.35. The SMILES string of the molecule is Cc1nc2c(s1)[C@H](N(C)CCO[C@H]1CCCC[C@@H]1C)CCC2. The van der Waals surface area contributed by atoms with Gasteiger partial charge in [0.15, 0.2) is 0 Å². The van der Waals surface area contributed by atoms with E-state index in [1.54, 1.807) is 0 Å². The second kappa shape index (κ2) is 7.41. The summed E-state index contributed by atoms with van der Waals surface area (Å²) in [6, 6.07) is 0.558. The fraction of sp³-hybridized carbons (Fsp3) is 0.833. The summed E-state index contributed by atoms with van der Waals surface area (Å²) >= 11 is 1.89. The number of thiazole rings is 1. The first kappa shape index (κ1) is 16.4. The first-order valence-corrected chi connectivity index (χ1v) is 9.75. The maximum Gasteiger partial charge on any atom is 0.0900 e. The first-order chi connectivity index (χ1) is 10.6. The Morgan fingerprint density at radius 3 is 2.86 bits per heavy atom. The van der Waals surface area contributed by atoms with E-state index in [9.17, 15) is 0 Å². The highest BCUT2D eigenvalue weighted by atomic mass is 32.1. The van der Waals surface area contributed by atoms with E-state index in [1.807, 2.05) is 11.3 Å².